The minimum absolute atomic E-state index is 0.635. The minimum atomic E-state index is 0.635. The van der Waals surface area contributed by atoms with E-state index < -0.39 is 0 Å². The molecular weight excluding hydrogens is 422 g/mol. The van der Waals surface area contributed by atoms with Gasteiger partial charge in [0.2, 0.25) is 5.13 Å². The zero-order chi connectivity index (χ0) is 22.1. The Morgan fingerprint density at radius 3 is 2.59 bits per heavy atom. The maximum Gasteiger partial charge on any atom is 0.204 e. The summed E-state index contributed by atoms with van der Waals surface area (Å²) in [7, 11) is 3.23. The Hall–Kier alpha value is -3.84. The number of thiazole rings is 1. The van der Waals surface area contributed by atoms with Crippen LogP contribution in [0.4, 0.5) is 5.13 Å². The van der Waals surface area contributed by atoms with Crippen molar-refractivity contribution in [3.63, 3.8) is 0 Å². The van der Waals surface area contributed by atoms with Gasteiger partial charge < -0.3 is 13.9 Å². The number of benzene rings is 3. The van der Waals surface area contributed by atoms with E-state index in [0.29, 0.717) is 17.3 Å². The summed E-state index contributed by atoms with van der Waals surface area (Å²) in [6.45, 7) is 2.05. The highest BCUT2D eigenvalue weighted by Gasteiger charge is 2.11. The van der Waals surface area contributed by atoms with Crippen molar-refractivity contribution in [2.75, 3.05) is 19.6 Å². The number of methoxy groups -OCH3 is 2. The third-order valence-electron chi connectivity index (χ3n) is 5.13. The summed E-state index contributed by atoms with van der Waals surface area (Å²) in [5.74, 6) is 1.97. The number of hydrogen-bond donors (Lipinski definition) is 1. The monoisotopic (exact) mass is 443 g/mol. The van der Waals surface area contributed by atoms with Crippen LogP contribution in [0.1, 0.15) is 5.56 Å². The minimum Gasteiger partial charge on any atom is -0.493 e. The van der Waals surface area contributed by atoms with E-state index in [-0.39, 0.29) is 0 Å². The number of nitrogens with zero attached hydrogens (tertiary/aromatic N) is 2. The molecule has 0 aliphatic carbocycles. The van der Waals surface area contributed by atoms with Crippen molar-refractivity contribution in [3.8, 4) is 22.8 Å². The Balaban J connectivity index is 1.63. The number of aryl methyl sites for hydroxylation is 1. The summed E-state index contributed by atoms with van der Waals surface area (Å²) in [4.78, 5) is 4.61. The molecule has 3 aromatic carbocycles. The molecular formula is C25H21N3O3S. The number of rotatable bonds is 5. The van der Waals surface area contributed by atoms with Crippen LogP contribution in [0.5, 0.6) is 11.5 Å². The zero-order valence-corrected chi connectivity index (χ0v) is 18.7. The van der Waals surface area contributed by atoms with Crippen LogP contribution in [-0.2, 0) is 0 Å². The van der Waals surface area contributed by atoms with Crippen molar-refractivity contribution in [1.29, 1.82) is 0 Å². The average molecular weight is 444 g/mol. The fourth-order valence-electron chi connectivity index (χ4n) is 3.54. The van der Waals surface area contributed by atoms with E-state index in [1.54, 1.807) is 25.6 Å². The summed E-state index contributed by atoms with van der Waals surface area (Å²) in [6, 6.07) is 21.7. The highest BCUT2D eigenvalue weighted by atomic mass is 32.1. The van der Waals surface area contributed by atoms with Crippen molar-refractivity contribution in [3.05, 3.63) is 77.7 Å². The predicted octanol–water partition coefficient (Wildman–Crippen LogP) is 5.96. The van der Waals surface area contributed by atoms with Crippen LogP contribution in [0.25, 0.3) is 32.5 Å². The van der Waals surface area contributed by atoms with Gasteiger partial charge in [-0.3, -0.25) is 5.43 Å². The molecule has 6 nitrogen and oxygen atoms in total. The van der Waals surface area contributed by atoms with Crippen molar-refractivity contribution in [2.24, 2.45) is 5.10 Å². The fourth-order valence-corrected chi connectivity index (χ4v) is 4.34. The molecule has 32 heavy (non-hydrogen) atoms. The molecule has 0 unspecified atom stereocenters. The number of fused-ring (bicyclic) bond motifs is 2. The van der Waals surface area contributed by atoms with Crippen LogP contribution in [0, 0.1) is 6.92 Å². The summed E-state index contributed by atoms with van der Waals surface area (Å²) in [5, 5.41) is 7.10. The van der Waals surface area contributed by atoms with Crippen LogP contribution in [-0.4, -0.2) is 19.2 Å². The molecule has 0 fully saturated rings. The molecule has 1 N–H and O–H groups in total. The van der Waals surface area contributed by atoms with E-state index in [1.165, 1.54) is 0 Å². The fraction of sp³-hybridized carbons (Fsp3) is 0.120. The Morgan fingerprint density at radius 2 is 1.78 bits per heavy atom. The molecule has 0 radical (unpaired) electrons. The standard InChI is InChI=1S/C25H21N3O3S/c1-15-8-10-20-17(12-15)19(27-28-25-26-18-6-4-5-7-24(18)32-25)14-22(31-20)16-9-11-21(29-2)23(13-16)30-3/h4-14H,1-3H3,(H,26,28)/b27-19+. The molecule has 0 saturated carbocycles. The van der Waals surface area contributed by atoms with Crippen LogP contribution in [0.15, 0.2) is 76.2 Å². The van der Waals surface area contributed by atoms with Crippen LogP contribution < -0.4 is 20.3 Å². The van der Waals surface area contributed by atoms with Crippen molar-refractivity contribution in [2.45, 2.75) is 6.92 Å². The zero-order valence-electron chi connectivity index (χ0n) is 17.9. The molecule has 0 amide bonds. The first-order chi connectivity index (χ1) is 15.6. The molecule has 7 heteroatoms. The molecule has 160 valence electrons. The quantitative estimate of drug-likeness (QED) is 0.339. The SMILES string of the molecule is COc1ccc(-c2c/c(=N\Nc3nc4ccccc4s3)c3cc(C)ccc3o2)cc1OC. The molecule has 0 aliphatic heterocycles. The van der Waals surface area contributed by atoms with Gasteiger partial charge in [-0.05, 0) is 49.4 Å². The normalized spacial score (nSPS) is 11.8. The van der Waals surface area contributed by atoms with Gasteiger partial charge >= 0.3 is 0 Å². The van der Waals surface area contributed by atoms with E-state index in [4.69, 9.17) is 13.9 Å². The van der Waals surface area contributed by atoms with E-state index >= 15 is 0 Å². The molecule has 0 spiro atoms. The number of aromatic nitrogens is 1. The maximum atomic E-state index is 6.22. The van der Waals surface area contributed by atoms with Gasteiger partial charge in [0.05, 0.1) is 29.8 Å². The summed E-state index contributed by atoms with van der Waals surface area (Å²) in [6.07, 6.45) is 0. The molecule has 2 heterocycles. The van der Waals surface area contributed by atoms with Gasteiger partial charge in [-0.1, -0.05) is 35.1 Å². The van der Waals surface area contributed by atoms with Gasteiger partial charge in [0, 0.05) is 17.0 Å². The molecule has 0 aliphatic rings. The van der Waals surface area contributed by atoms with Crippen LogP contribution in [0.3, 0.4) is 0 Å². The van der Waals surface area contributed by atoms with Crippen LogP contribution in [0.2, 0.25) is 0 Å². The average Bonchev–Trinajstić information content (AvgIpc) is 3.25. The smallest absolute Gasteiger partial charge is 0.204 e. The van der Waals surface area contributed by atoms with E-state index in [9.17, 15) is 0 Å². The van der Waals surface area contributed by atoms with E-state index in [0.717, 1.165) is 42.8 Å². The van der Waals surface area contributed by atoms with Crippen LogP contribution >= 0.6 is 11.3 Å². The molecule has 0 atom stereocenters. The lowest BCUT2D eigenvalue weighted by Crippen LogP contribution is -2.07. The lowest BCUT2D eigenvalue weighted by molar-refractivity contribution is 0.355. The first-order valence-corrected chi connectivity index (χ1v) is 10.9. The summed E-state index contributed by atoms with van der Waals surface area (Å²) < 4.78 is 18.1. The number of anilines is 1. The van der Waals surface area contributed by atoms with Gasteiger partial charge in [0.25, 0.3) is 0 Å². The predicted molar refractivity (Wildman–Crippen MR) is 128 cm³/mol. The Morgan fingerprint density at radius 1 is 0.938 bits per heavy atom. The van der Waals surface area contributed by atoms with Gasteiger partial charge in [-0.2, -0.15) is 5.10 Å². The number of para-hydroxylation sites is 1. The number of nitrogens with one attached hydrogen (secondary N) is 1. The lowest BCUT2D eigenvalue weighted by atomic mass is 10.1. The Bertz CT molecular complexity index is 1470. The maximum absolute atomic E-state index is 6.22. The van der Waals surface area contributed by atoms with Gasteiger partial charge in [0.1, 0.15) is 11.3 Å². The molecule has 0 bridgehead atoms. The molecule has 5 rings (SSSR count). The highest BCUT2D eigenvalue weighted by Crippen LogP contribution is 2.33. The Kier molecular flexibility index (Phi) is 5.25. The third-order valence-corrected chi connectivity index (χ3v) is 6.07. The van der Waals surface area contributed by atoms with E-state index in [1.807, 2.05) is 67.6 Å². The van der Waals surface area contributed by atoms with Gasteiger partial charge in [0.15, 0.2) is 11.5 Å². The lowest BCUT2D eigenvalue weighted by Gasteiger charge is -2.10. The first kappa shape index (κ1) is 20.1. The number of ether oxygens (including phenoxy) is 2. The third kappa shape index (κ3) is 3.78. The topological polar surface area (TPSA) is 68.9 Å². The number of hydrogen-bond acceptors (Lipinski definition) is 7. The second-order valence-electron chi connectivity index (χ2n) is 7.28. The first-order valence-electron chi connectivity index (χ1n) is 10.1. The second kappa shape index (κ2) is 8.36. The second-order valence-corrected chi connectivity index (χ2v) is 8.31. The van der Waals surface area contributed by atoms with E-state index in [2.05, 4.69) is 21.6 Å². The Labute approximate surface area is 188 Å². The van der Waals surface area contributed by atoms with Gasteiger partial charge in [-0.25, -0.2) is 4.98 Å². The molecule has 0 saturated heterocycles. The highest BCUT2D eigenvalue weighted by molar-refractivity contribution is 7.22. The summed E-state index contributed by atoms with van der Waals surface area (Å²) in [5.41, 5.74) is 6.81. The van der Waals surface area contributed by atoms with Crippen molar-refractivity contribution in [1.82, 2.24) is 4.98 Å². The molecule has 2 aromatic heterocycles. The largest absolute Gasteiger partial charge is 0.493 e. The van der Waals surface area contributed by atoms with Crippen molar-refractivity contribution < 1.29 is 13.9 Å². The molecule has 5 aromatic rings. The van der Waals surface area contributed by atoms with Gasteiger partial charge in [-0.15, -0.1) is 0 Å². The van der Waals surface area contributed by atoms with Crippen molar-refractivity contribution >= 4 is 37.7 Å². The summed E-state index contributed by atoms with van der Waals surface area (Å²) >= 11 is 1.56.